The molecule has 0 aromatic carbocycles. The SMILES string of the molecule is CC1CCC(c2noc(C3CCC(CN)CC3)n2)C1. The summed E-state index contributed by atoms with van der Waals surface area (Å²) in [5.41, 5.74) is 5.74. The maximum atomic E-state index is 5.74. The lowest BCUT2D eigenvalue weighted by Gasteiger charge is -2.24. The summed E-state index contributed by atoms with van der Waals surface area (Å²) in [7, 11) is 0. The van der Waals surface area contributed by atoms with Crippen molar-refractivity contribution in [3.8, 4) is 0 Å². The Morgan fingerprint density at radius 2 is 1.84 bits per heavy atom. The highest BCUT2D eigenvalue weighted by atomic mass is 16.5. The highest BCUT2D eigenvalue weighted by molar-refractivity contribution is 5.02. The second kappa shape index (κ2) is 5.61. The van der Waals surface area contributed by atoms with Crippen LogP contribution in [0.2, 0.25) is 0 Å². The monoisotopic (exact) mass is 263 g/mol. The Morgan fingerprint density at radius 3 is 2.47 bits per heavy atom. The number of nitrogens with two attached hydrogens (primary N) is 1. The van der Waals surface area contributed by atoms with Crippen molar-refractivity contribution < 1.29 is 4.52 Å². The highest BCUT2D eigenvalue weighted by Crippen LogP contribution is 2.39. The van der Waals surface area contributed by atoms with Crippen LogP contribution in [0.3, 0.4) is 0 Å². The zero-order valence-electron chi connectivity index (χ0n) is 11.8. The van der Waals surface area contributed by atoms with E-state index in [-0.39, 0.29) is 0 Å². The van der Waals surface area contributed by atoms with E-state index in [9.17, 15) is 0 Å². The predicted octanol–water partition coefficient (Wildman–Crippen LogP) is 3.21. The van der Waals surface area contributed by atoms with E-state index in [0.29, 0.717) is 17.8 Å². The van der Waals surface area contributed by atoms with E-state index >= 15 is 0 Å². The predicted molar refractivity (Wildman–Crippen MR) is 73.8 cm³/mol. The molecule has 106 valence electrons. The molecule has 1 aromatic rings. The minimum atomic E-state index is 0.475. The summed E-state index contributed by atoms with van der Waals surface area (Å²) in [5, 5.41) is 4.24. The van der Waals surface area contributed by atoms with Gasteiger partial charge < -0.3 is 10.3 Å². The zero-order valence-corrected chi connectivity index (χ0v) is 11.8. The summed E-state index contributed by atoms with van der Waals surface area (Å²) in [6.07, 6.45) is 8.48. The molecular weight excluding hydrogens is 238 g/mol. The van der Waals surface area contributed by atoms with Crippen molar-refractivity contribution in [2.45, 2.75) is 63.7 Å². The number of aromatic nitrogens is 2. The maximum absolute atomic E-state index is 5.74. The highest BCUT2D eigenvalue weighted by Gasteiger charge is 2.30. The van der Waals surface area contributed by atoms with Gasteiger partial charge in [-0.1, -0.05) is 12.1 Å². The molecule has 2 fully saturated rings. The van der Waals surface area contributed by atoms with Gasteiger partial charge in [0.05, 0.1) is 0 Å². The maximum Gasteiger partial charge on any atom is 0.229 e. The second-order valence-corrected chi connectivity index (χ2v) is 6.56. The molecule has 0 aliphatic heterocycles. The average Bonchev–Trinajstić information content (AvgIpc) is 3.07. The standard InChI is InChI=1S/C15H25N3O/c1-10-2-5-13(8-10)14-17-15(19-18-14)12-6-3-11(9-16)4-7-12/h10-13H,2-9,16H2,1H3. The van der Waals surface area contributed by atoms with Gasteiger partial charge in [-0.25, -0.2) is 0 Å². The van der Waals surface area contributed by atoms with Crippen molar-refractivity contribution in [2.75, 3.05) is 6.54 Å². The minimum Gasteiger partial charge on any atom is -0.339 e. The van der Waals surface area contributed by atoms with Gasteiger partial charge in [0.2, 0.25) is 5.89 Å². The van der Waals surface area contributed by atoms with Crippen molar-refractivity contribution in [3.05, 3.63) is 11.7 Å². The molecular formula is C15H25N3O. The molecule has 0 amide bonds. The largest absolute Gasteiger partial charge is 0.339 e. The Morgan fingerprint density at radius 1 is 1.11 bits per heavy atom. The second-order valence-electron chi connectivity index (χ2n) is 6.56. The molecule has 1 aromatic heterocycles. The molecule has 2 atom stereocenters. The van der Waals surface area contributed by atoms with E-state index in [4.69, 9.17) is 15.2 Å². The van der Waals surface area contributed by atoms with Crippen LogP contribution in [0.5, 0.6) is 0 Å². The first-order valence-electron chi connectivity index (χ1n) is 7.79. The average molecular weight is 263 g/mol. The van der Waals surface area contributed by atoms with E-state index in [1.807, 2.05) is 0 Å². The van der Waals surface area contributed by atoms with Gasteiger partial charge in [0.25, 0.3) is 0 Å². The molecule has 2 aliphatic carbocycles. The van der Waals surface area contributed by atoms with Gasteiger partial charge in [-0.05, 0) is 63.3 Å². The molecule has 4 heteroatoms. The summed E-state index contributed by atoms with van der Waals surface area (Å²) in [5.74, 6) is 4.36. The van der Waals surface area contributed by atoms with Crippen LogP contribution in [0.1, 0.15) is 75.4 Å². The normalized spacial score (nSPS) is 35.7. The first kappa shape index (κ1) is 13.1. The van der Waals surface area contributed by atoms with Gasteiger partial charge in [0.1, 0.15) is 0 Å². The third-order valence-electron chi connectivity index (χ3n) is 5.05. The number of hydrogen-bond donors (Lipinski definition) is 1. The Kier molecular flexibility index (Phi) is 3.87. The minimum absolute atomic E-state index is 0.475. The summed E-state index contributed by atoms with van der Waals surface area (Å²) in [6, 6.07) is 0. The fourth-order valence-corrected chi connectivity index (χ4v) is 3.67. The summed E-state index contributed by atoms with van der Waals surface area (Å²) in [4.78, 5) is 4.69. The molecule has 0 saturated heterocycles. The molecule has 2 saturated carbocycles. The quantitative estimate of drug-likeness (QED) is 0.909. The Hall–Kier alpha value is -0.900. The summed E-state index contributed by atoms with van der Waals surface area (Å²) < 4.78 is 5.53. The van der Waals surface area contributed by atoms with Crippen molar-refractivity contribution in [1.82, 2.24) is 10.1 Å². The van der Waals surface area contributed by atoms with Crippen molar-refractivity contribution in [3.63, 3.8) is 0 Å². The van der Waals surface area contributed by atoms with E-state index in [1.165, 1.54) is 32.1 Å². The van der Waals surface area contributed by atoms with Gasteiger partial charge in [0, 0.05) is 11.8 Å². The molecule has 1 heterocycles. The van der Waals surface area contributed by atoms with Gasteiger partial charge in [-0.15, -0.1) is 0 Å². The first-order valence-corrected chi connectivity index (χ1v) is 7.79. The van der Waals surface area contributed by atoms with Crippen LogP contribution < -0.4 is 5.73 Å². The van der Waals surface area contributed by atoms with Gasteiger partial charge in [0.15, 0.2) is 5.82 Å². The molecule has 19 heavy (non-hydrogen) atoms. The number of hydrogen-bond acceptors (Lipinski definition) is 4. The van der Waals surface area contributed by atoms with Gasteiger partial charge >= 0.3 is 0 Å². The zero-order chi connectivity index (χ0) is 13.2. The fraction of sp³-hybridized carbons (Fsp3) is 0.867. The van der Waals surface area contributed by atoms with Crippen LogP contribution in [0.4, 0.5) is 0 Å². The summed E-state index contributed by atoms with van der Waals surface area (Å²) >= 11 is 0. The topological polar surface area (TPSA) is 64.9 Å². The number of nitrogens with zero attached hydrogens (tertiary/aromatic N) is 2. The smallest absolute Gasteiger partial charge is 0.229 e. The van der Waals surface area contributed by atoms with E-state index in [2.05, 4.69) is 12.1 Å². The Balaban J connectivity index is 1.62. The number of rotatable bonds is 3. The molecule has 4 nitrogen and oxygen atoms in total. The lowest BCUT2D eigenvalue weighted by Crippen LogP contribution is -2.20. The molecule has 2 aliphatic rings. The van der Waals surface area contributed by atoms with Gasteiger partial charge in [-0.3, -0.25) is 0 Å². The van der Waals surface area contributed by atoms with Crippen LogP contribution >= 0.6 is 0 Å². The van der Waals surface area contributed by atoms with Crippen LogP contribution in [-0.2, 0) is 0 Å². The van der Waals surface area contributed by atoms with Gasteiger partial charge in [-0.2, -0.15) is 4.98 Å². The summed E-state index contributed by atoms with van der Waals surface area (Å²) in [6.45, 7) is 3.14. The lowest BCUT2D eigenvalue weighted by molar-refractivity contribution is 0.273. The molecule has 2 N–H and O–H groups in total. The van der Waals surface area contributed by atoms with Crippen LogP contribution in [0, 0.1) is 11.8 Å². The van der Waals surface area contributed by atoms with Crippen molar-refractivity contribution in [2.24, 2.45) is 17.6 Å². The van der Waals surface area contributed by atoms with E-state index in [0.717, 1.165) is 37.0 Å². The third-order valence-corrected chi connectivity index (χ3v) is 5.05. The van der Waals surface area contributed by atoms with Crippen LogP contribution in [0.25, 0.3) is 0 Å². The Bertz CT molecular complexity index is 409. The lowest BCUT2D eigenvalue weighted by atomic mass is 9.82. The van der Waals surface area contributed by atoms with Crippen molar-refractivity contribution >= 4 is 0 Å². The van der Waals surface area contributed by atoms with Crippen molar-refractivity contribution in [1.29, 1.82) is 0 Å². The molecule has 0 bridgehead atoms. The van der Waals surface area contributed by atoms with Crippen LogP contribution in [-0.4, -0.2) is 16.7 Å². The molecule has 3 rings (SSSR count). The third kappa shape index (κ3) is 2.83. The van der Waals surface area contributed by atoms with E-state index in [1.54, 1.807) is 0 Å². The molecule has 2 unspecified atom stereocenters. The molecule has 0 radical (unpaired) electrons. The first-order chi connectivity index (χ1) is 9.26. The van der Waals surface area contributed by atoms with E-state index < -0.39 is 0 Å². The molecule has 0 spiro atoms. The van der Waals surface area contributed by atoms with Crippen LogP contribution in [0.15, 0.2) is 4.52 Å². The Labute approximate surface area is 115 Å². The fourth-order valence-electron chi connectivity index (χ4n) is 3.67.